The summed E-state index contributed by atoms with van der Waals surface area (Å²) in [5.74, 6) is 0.769. The largest absolute Gasteiger partial charge is 0.472 e. The Morgan fingerprint density at radius 1 is 0.337 bits per heavy atom. The Hall–Kier alpha value is -1.94. The van der Waals surface area contributed by atoms with Crippen LogP contribution in [0.15, 0.2) is 0 Å². The highest BCUT2D eigenvalue weighted by Gasteiger charge is 2.30. The number of phosphoric ester groups is 2. The summed E-state index contributed by atoms with van der Waals surface area (Å²) >= 11 is 0. The monoisotopic (exact) mass is 1230 g/mol. The molecule has 4 unspecified atom stereocenters. The molecule has 492 valence electrons. The molecule has 83 heavy (non-hydrogen) atoms. The Morgan fingerprint density at radius 2 is 0.578 bits per heavy atom. The van der Waals surface area contributed by atoms with Crippen molar-refractivity contribution in [2.75, 3.05) is 39.6 Å². The number of rotatable bonds is 61. The number of aliphatic hydroxyl groups is 1. The van der Waals surface area contributed by atoms with Crippen molar-refractivity contribution in [3.8, 4) is 0 Å². The third-order valence-electron chi connectivity index (χ3n) is 15.3. The van der Waals surface area contributed by atoms with E-state index in [4.69, 9.17) is 37.0 Å². The maximum atomic E-state index is 13.0. The summed E-state index contributed by atoms with van der Waals surface area (Å²) in [6, 6.07) is 0. The first-order valence-corrected chi connectivity index (χ1v) is 36.3. The molecule has 0 radical (unpaired) electrons. The predicted molar refractivity (Wildman–Crippen MR) is 331 cm³/mol. The molecular weight excluding hydrogens is 1100 g/mol. The first-order valence-electron chi connectivity index (χ1n) is 33.3. The maximum absolute atomic E-state index is 13.0. The number of aliphatic hydroxyl groups excluding tert-OH is 1. The van der Waals surface area contributed by atoms with Gasteiger partial charge in [0.05, 0.1) is 26.4 Å². The van der Waals surface area contributed by atoms with Gasteiger partial charge in [0.15, 0.2) is 12.2 Å². The van der Waals surface area contributed by atoms with Crippen LogP contribution in [0.5, 0.6) is 0 Å². The van der Waals surface area contributed by atoms with Crippen molar-refractivity contribution < 1.29 is 80.2 Å². The minimum Gasteiger partial charge on any atom is -0.462 e. The normalized spacial score (nSPS) is 15.1. The smallest absolute Gasteiger partial charge is 0.462 e. The zero-order valence-electron chi connectivity index (χ0n) is 53.8. The molecule has 0 aromatic rings. The fraction of sp³-hybridized carbons (Fsp3) is 0.938. The zero-order valence-corrected chi connectivity index (χ0v) is 55.6. The number of unbranched alkanes of at least 4 members (excludes halogenated alkanes) is 25. The van der Waals surface area contributed by atoms with E-state index in [1.165, 1.54) is 103 Å². The van der Waals surface area contributed by atoms with Crippen LogP contribution < -0.4 is 0 Å². The van der Waals surface area contributed by atoms with Crippen LogP contribution in [0.3, 0.4) is 0 Å². The summed E-state index contributed by atoms with van der Waals surface area (Å²) in [7, 11) is -9.89. The second kappa shape index (κ2) is 54.2. The number of phosphoric acid groups is 2. The van der Waals surface area contributed by atoms with Crippen molar-refractivity contribution in [3.05, 3.63) is 0 Å². The minimum absolute atomic E-state index is 0.100. The van der Waals surface area contributed by atoms with Crippen molar-refractivity contribution in [2.45, 2.75) is 324 Å². The lowest BCUT2D eigenvalue weighted by Gasteiger charge is -2.21. The molecule has 0 aromatic carbocycles. The highest BCUT2D eigenvalue weighted by molar-refractivity contribution is 7.47. The van der Waals surface area contributed by atoms with E-state index in [9.17, 15) is 43.2 Å². The fourth-order valence-electron chi connectivity index (χ4n) is 9.36. The molecule has 0 aliphatic carbocycles. The van der Waals surface area contributed by atoms with Crippen molar-refractivity contribution in [1.82, 2.24) is 0 Å². The van der Waals surface area contributed by atoms with Gasteiger partial charge >= 0.3 is 39.5 Å². The maximum Gasteiger partial charge on any atom is 0.472 e. The van der Waals surface area contributed by atoms with Gasteiger partial charge < -0.3 is 33.8 Å². The lowest BCUT2D eigenvalue weighted by Crippen LogP contribution is -2.30. The lowest BCUT2D eigenvalue weighted by atomic mass is 9.99. The Balaban J connectivity index is 5.26. The Labute approximate surface area is 505 Å². The number of hydrogen-bond acceptors (Lipinski definition) is 15. The van der Waals surface area contributed by atoms with E-state index >= 15 is 0 Å². The molecule has 0 saturated carbocycles. The van der Waals surface area contributed by atoms with Crippen LogP contribution in [-0.4, -0.2) is 96.7 Å². The summed E-state index contributed by atoms with van der Waals surface area (Å²) in [5.41, 5.74) is 0. The van der Waals surface area contributed by atoms with E-state index in [0.29, 0.717) is 31.6 Å². The summed E-state index contributed by atoms with van der Waals surface area (Å²) in [4.78, 5) is 72.2. The molecule has 0 spiro atoms. The van der Waals surface area contributed by atoms with Gasteiger partial charge in [-0.3, -0.25) is 37.3 Å². The van der Waals surface area contributed by atoms with E-state index < -0.39 is 97.5 Å². The fourth-order valence-corrected chi connectivity index (χ4v) is 10.9. The second-order valence-electron chi connectivity index (χ2n) is 24.6. The van der Waals surface area contributed by atoms with Gasteiger partial charge in [-0.1, -0.05) is 254 Å². The molecular formula is C64H124O17P2. The first-order chi connectivity index (χ1) is 39.7. The third-order valence-corrected chi connectivity index (χ3v) is 17.2. The van der Waals surface area contributed by atoms with Gasteiger partial charge in [0.1, 0.15) is 19.3 Å². The topological polar surface area (TPSA) is 237 Å². The number of esters is 4. The van der Waals surface area contributed by atoms with Gasteiger partial charge in [-0.2, -0.15) is 0 Å². The molecule has 17 nitrogen and oxygen atoms in total. The van der Waals surface area contributed by atoms with Crippen LogP contribution in [0, 0.1) is 23.7 Å². The average Bonchev–Trinajstić information content (AvgIpc) is 3.48. The molecule has 0 saturated heterocycles. The SMILES string of the molecule is CCC(C)CCCCCCCCCCC(=O)O[C@H](COC(=O)CCCCCCCCCCCC(C)C)COP(=O)(O)OC[C@@H](O)COP(=O)(O)OC[C@@H](COC(=O)CCCCCCCCC(C)CC)OC(=O)CCCCCCCCC(C)C. The van der Waals surface area contributed by atoms with Gasteiger partial charge in [0, 0.05) is 25.7 Å². The number of carbonyl (C=O) groups excluding carboxylic acids is 4. The van der Waals surface area contributed by atoms with Crippen molar-refractivity contribution >= 4 is 39.5 Å². The number of hydrogen-bond donors (Lipinski definition) is 3. The summed E-state index contributed by atoms with van der Waals surface area (Å²) in [5, 5.41) is 10.5. The minimum atomic E-state index is -4.95. The Morgan fingerprint density at radius 3 is 0.855 bits per heavy atom. The van der Waals surface area contributed by atoms with Crippen molar-refractivity contribution in [1.29, 1.82) is 0 Å². The van der Waals surface area contributed by atoms with Crippen LogP contribution in [0.25, 0.3) is 0 Å². The molecule has 0 rings (SSSR count). The van der Waals surface area contributed by atoms with E-state index in [1.54, 1.807) is 0 Å². The molecule has 7 atom stereocenters. The molecule has 0 aliphatic heterocycles. The summed E-state index contributed by atoms with van der Waals surface area (Å²) in [6.07, 6.45) is 33.6. The van der Waals surface area contributed by atoms with Crippen LogP contribution >= 0.6 is 15.6 Å². The molecule has 0 heterocycles. The van der Waals surface area contributed by atoms with E-state index in [2.05, 4.69) is 55.4 Å². The molecule has 0 amide bonds. The number of ether oxygens (including phenoxy) is 4. The summed E-state index contributed by atoms with van der Waals surface area (Å²) < 4.78 is 68.0. The van der Waals surface area contributed by atoms with E-state index in [0.717, 1.165) is 114 Å². The Kier molecular flexibility index (Phi) is 53.0. The molecule has 19 heteroatoms. The van der Waals surface area contributed by atoms with Crippen LogP contribution in [-0.2, 0) is 65.4 Å². The number of carbonyl (C=O) groups is 4. The third kappa shape index (κ3) is 56.3. The van der Waals surface area contributed by atoms with E-state index in [1.807, 2.05) is 0 Å². The summed E-state index contributed by atoms with van der Waals surface area (Å²) in [6.45, 7) is 13.9. The van der Waals surface area contributed by atoms with Crippen molar-refractivity contribution in [3.63, 3.8) is 0 Å². The van der Waals surface area contributed by atoms with Crippen LogP contribution in [0.4, 0.5) is 0 Å². The molecule has 0 bridgehead atoms. The van der Waals surface area contributed by atoms with Crippen molar-refractivity contribution in [2.24, 2.45) is 23.7 Å². The van der Waals surface area contributed by atoms with Gasteiger partial charge in [-0.15, -0.1) is 0 Å². The van der Waals surface area contributed by atoms with Gasteiger partial charge in [-0.25, -0.2) is 9.13 Å². The van der Waals surface area contributed by atoms with E-state index in [-0.39, 0.29) is 25.7 Å². The highest BCUT2D eigenvalue weighted by Crippen LogP contribution is 2.45. The highest BCUT2D eigenvalue weighted by atomic mass is 31.2. The molecule has 3 N–H and O–H groups in total. The Bertz CT molecular complexity index is 1670. The van der Waals surface area contributed by atoms with Gasteiger partial charge in [0.2, 0.25) is 0 Å². The van der Waals surface area contributed by atoms with Gasteiger partial charge in [0.25, 0.3) is 0 Å². The lowest BCUT2D eigenvalue weighted by molar-refractivity contribution is -0.161. The van der Waals surface area contributed by atoms with Crippen LogP contribution in [0.2, 0.25) is 0 Å². The molecule has 0 aliphatic rings. The molecule has 0 fully saturated rings. The standard InChI is InChI=1S/C64H124O17P2/c1-9-56(7)42-34-26-17-14-15-19-30-38-46-63(68)80-59(50-74-61(66)44-36-28-18-13-11-12-16-24-32-40-54(3)4)52-78-82(70,71)76-48-58(65)49-77-83(72,73)79-53-60(81-64(69)47-39-31-22-20-25-33-41-55(5)6)51-75-62(67)45-37-29-23-21-27-35-43-57(8)10-2/h54-60,65H,9-53H2,1-8H3,(H,70,71)(H,72,73)/t56?,57?,58-,59-,60-/m1/s1. The second-order valence-corrected chi connectivity index (χ2v) is 27.5. The zero-order chi connectivity index (χ0) is 61.8. The average molecular weight is 1230 g/mol. The molecule has 0 aromatic heterocycles. The first kappa shape index (κ1) is 81.1. The predicted octanol–water partition coefficient (Wildman–Crippen LogP) is 17.4. The van der Waals surface area contributed by atoms with Gasteiger partial charge in [-0.05, 0) is 49.4 Å². The quantitative estimate of drug-likeness (QED) is 0.0222. The van der Waals surface area contributed by atoms with Crippen LogP contribution in [0.1, 0.15) is 306 Å².